The molecule has 28 heavy (non-hydrogen) atoms. The Kier molecular flexibility index (Phi) is 6.06. The molecule has 1 aliphatic rings. The molecule has 1 amide bonds. The third-order valence-electron chi connectivity index (χ3n) is 4.94. The second-order valence-corrected chi connectivity index (χ2v) is 7.39. The van der Waals surface area contributed by atoms with Crippen LogP contribution >= 0.6 is 0 Å². The smallest absolute Gasteiger partial charge is 0.254 e. The summed E-state index contributed by atoms with van der Waals surface area (Å²) in [6.07, 6.45) is 5.00. The summed E-state index contributed by atoms with van der Waals surface area (Å²) < 4.78 is 26.7. The number of aromatic nitrogens is 2. The van der Waals surface area contributed by atoms with Crippen molar-refractivity contribution in [3.63, 3.8) is 0 Å². The van der Waals surface area contributed by atoms with Crippen molar-refractivity contribution in [2.45, 2.75) is 44.7 Å². The molecule has 3 rings (SSSR count). The molecule has 1 fully saturated rings. The molecule has 6 nitrogen and oxygen atoms in total. The summed E-state index contributed by atoms with van der Waals surface area (Å²) in [5.74, 6) is -0.584. The van der Waals surface area contributed by atoms with Crippen LogP contribution in [0.25, 0.3) is 0 Å². The van der Waals surface area contributed by atoms with E-state index in [2.05, 4.69) is 20.6 Å². The predicted octanol–water partition coefficient (Wildman–Crippen LogP) is 3.28. The molecule has 0 saturated heterocycles. The van der Waals surface area contributed by atoms with Crippen molar-refractivity contribution in [3.8, 4) is 0 Å². The SMILES string of the molecule is Cc1cnc(N[C@H]2CC[C@@H](NC(=O)c3ccc(F)cc3F)CC2)nc1N(C)C. The summed E-state index contributed by atoms with van der Waals surface area (Å²) in [6, 6.07) is 3.16. The number of carbonyl (C=O) groups is 1. The number of benzene rings is 1. The molecule has 1 aromatic heterocycles. The maximum absolute atomic E-state index is 13.7. The first-order chi connectivity index (χ1) is 13.3. The zero-order valence-corrected chi connectivity index (χ0v) is 16.3. The lowest BCUT2D eigenvalue weighted by molar-refractivity contribution is 0.0922. The van der Waals surface area contributed by atoms with Crippen molar-refractivity contribution in [1.29, 1.82) is 0 Å². The van der Waals surface area contributed by atoms with Crippen molar-refractivity contribution in [2.75, 3.05) is 24.3 Å². The minimum Gasteiger partial charge on any atom is -0.362 e. The number of aryl methyl sites for hydroxylation is 1. The van der Waals surface area contributed by atoms with E-state index in [-0.39, 0.29) is 17.6 Å². The topological polar surface area (TPSA) is 70.1 Å². The van der Waals surface area contributed by atoms with Gasteiger partial charge in [0.2, 0.25) is 5.95 Å². The second kappa shape index (κ2) is 8.50. The number of nitrogens with zero attached hydrogens (tertiary/aromatic N) is 3. The Bertz CT molecular complexity index is 850. The van der Waals surface area contributed by atoms with Gasteiger partial charge in [0.1, 0.15) is 17.5 Å². The van der Waals surface area contributed by atoms with Crippen LogP contribution in [0.5, 0.6) is 0 Å². The maximum Gasteiger partial charge on any atom is 0.254 e. The summed E-state index contributed by atoms with van der Waals surface area (Å²) >= 11 is 0. The van der Waals surface area contributed by atoms with Crippen LogP contribution in [0.15, 0.2) is 24.4 Å². The Hall–Kier alpha value is -2.77. The average molecular weight is 389 g/mol. The van der Waals surface area contributed by atoms with E-state index in [1.807, 2.05) is 25.9 Å². The van der Waals surface area contributed by atoms with Crippen LogP contribution in [0, 0.1) is 18.6 Å². The monoisotopic (exact) mass is 389 g/mol. The first-order valence-corrected chi connectivity index (χ1v) is 9.37. The first-order valence-electron chi connectivity index (χ1n) is 9.37. The van der Waals surface area contributed by atoms with Crippen LogP contribution < -0.4 is 15.5 Å². The Morgan fingerprint density at radius 1 is 1.14 bits per heavy atom. The van der Waals surface area contributed by atoms with Gasteiger partial charge >= 0.3 is 0 Å². The highest BCUT2D eigenvalue weighted by molar-refractivity contribution is 5.94. The summed E-state index contributed by atoms with van der Waals surface area (Å²) in [4.78, 5) is 23.1. The number of rotatable bonds is 5. The van der Waals surface area contributed by atoms with Crippen molar-refractivity contribution < 1.29 is 13.6 Å². The standard InChI is InChI=1S/C20H25F2N5O/c1-12-11-23-20(26-18(12)27(2)3)25-15-7-5-14(6-8-15)24-19(28)16-9-4-13(21)10-17(16)22/h4,9-11,14-15H,5-8H2,1-3H3,(H,24,28)(H,23,25,26)/t14-,15+. The van der Waals surface area contributed by atoms with E-state index in [0.29, 0.717) is 5.95 Å². The van der Waals surface area contributed by atoms with Crippen LogP contribution in [0.3, 0.4) is 0 Å². The number of carbonyl (C=O) groups excluding carboxylic acids is 1. The van der Waals surface area contributed by atoms with E-state index in [1.54, 1.807) is 6.20 Å². The minimum atomic E-state index is -0.846. The predicted molar refractivity (Wildman–Crippen MR) is 105 cm³/mol. The van der Waals surface area contributed by atoms with Crippen LogP contribution in [0.4, 0.5) is 20.5 Å². The Morgan fingerprint density at radius 3 is 2.46 bits per heavy atom. The third-order valence-corrected chi connectivity index (χ3v) is 4.94. The number of anilines is 2. The minimum absolute atomic E-state index is 0.0359. The molecule has 2 N–H and O–H groups in total. The molecule has 0 spiro atoms. The first kappa shape index (κ1) is 20.0. The van der Waals surface area contributed by atoms with Gasteiger partial charge in [0, 0.05) is 44.0 Å². The highest BCUT2D eigenvalue weighted by Crippen LogP contribution is 2.23. The molecule has 1 saturated carbocycles. The molecule has 0 radical (unpaired) electrons. The Morgan fingerprint density at radius 2 is 1.82 bits per heavy atom. The quantitative estimate of drug-likeness (QED) is 0.821. The van der Waals surface area contributed by atoms with Gasteiger partial charge < -0.3 is 15.5 Å². The van der Waals surface area contributed by atoms with Gasteiger partial charge in [-0.1, -0.05) is 0 Å². The largest absolute Gasteiger partial charge is 0.362 e. The van der Waals surface area contributed by atoms with Gasteiger partial charge in [-0.3, -0.25) is 4.79 Å². The molecular weight excluding hydrogens is 364 g/mol. The van der Waals surface area contributed by atoms with Crippen molar-refractivity contribution in [3.05, 3.63) is 47.2 Å². The summed E-state index contributed by atoms with van der Waals surface area (Å²) in [5.41, 5.74) is 0.876. The summed E-state index contributed by atoms with van der Waals surface area (Å²) in [6.45, 7) is 1.97. The Labute approximate surface area is 163 Å². The lowest BCUT2D eigenvalue weighted by Gasteiger charge is -2.30. The van der Waals surface area contributed by atoms with E-state index < -0.39 is 17.5 Å². The molecule has 8 heteroatoms. The van der Waals surface area contributed by atoms with Gasteiger partial charge in [0.05, 0.1) is 5.56 Å². The van der Waals surface area contributed by atoms with E-state index >= 15 is 0 Å². The molecule has 0 bridgehead atoms. The van der Waals surface area contributed by atoms with Crippen LogP contribution in [-0.2, 0) is 0 Å². The molecule has 0 atom stereocenters. The van der Waals surface area contributed by atoms with Gasteiger partial charge in [-0.2, -0.15) is 4.98 Å². The molecular formula is C20H25F2N5O. The average Bonchev–Trinajstić information content (AvgIpc) is 2.64. The van der Waals surface area contributed by atoms with Gasteiger partial charge in [-0.05, 0) is 44.7 Å². The highest BCUT2D eigenvalue weighted by atomic mass is 19.1. The molecule has 150 valence electrons. The number of amides is 1. The normalized spacial score (nSPS) is 19.2. The fourth-order valence-electron chi connectivity index (χ4n) is 3.46. The van der Waals surface area contributed by atoms with E-state index in [0.717, 1.165) is 49.2 Å². The number of hydrogen-bond acceptors (Lipinski definition) is 5. The van der Waals surface area contributed by atoms with Crippen molar-refractivity contribution in [1.82, 2.24) is 15.3 Å². The zero-order chi connectivity index (χ0) is 20.3. The lowest BCUT2D eigenvalue weighted by Crippen LogP contribution is -2.40. The summed E-state index contributed by atoms with van der Waals surface area (Å²) in [7, 11) is 3.88. The van der Waals surface area contributed by atoms with Crippen molar-refractivity contribution in [2.24, 2.45) is 0 Å². The molecule has 0 aliphatic heterocycles. The number of halogens is 2. The van der Waals surface area contributed by atoms with Gasteiger partial charge in [0.25, 0.3) is 5.91 Å². The molecule has 0 unspecified atom stereocenters. The molecule has 1 heterocycles. The molecule has 2 aromatic rings. The van der Waals surface area contributed by atoms with Crippen LogP contribution in [-0.4, -0.2) is 42.1 Å². The van der Waals surface area contributed by atoms with Gasteiger partial charge in [0.15, 0.2) is 0 Å². The number of nitrogens with one attached hydrogen (secondary N) is 2. The highest BCUT2D eigenvalue weighted by Gasteiger charge is 2.24. The van der Waals surface area contributed by atoms with Crippen molar-refractivity contribution >= 4 is 17.7 Å². The number of hydrogen-bond donors (Lipinski definition) is 2. The maximum atomic E-state index is 13.7. The fourth-order valence-corrected chi connectivity index (χ4v) is 3.46. The Balaban J connectivity index is 1.53. The van der Waals surface area contributed by atoms with Gasteiger partial charge in [-0.15, -0.1) is 0 Å². The van der Waals surface area contributed by atoms with Crippen LogP contribution in [0.2, 0.25) is 0 Å². The molecule has 1 aliphatic carbocycles. The zero-order valence-electron chi connectivity index (χ0n) is 16.3. The van der Waals surface area contributed by atoms with E-state index in [1.165, 1.54) is 6.07 Å². The third kappa shape index (κ3) is 4.74. The van der Waals surface area contributed by atoms with Gasteiger partial charge in [-0.25, -0.2) is 13.8 Å². The second-order valence-electron chi connectivity index (χ2n) is 7.39. The summed E-state index contributed by atoms with van der Waals surface area (Å²) in [5, 5.41) is 6.21. The lowest BCUT2D eigenvalue weighted by atomic mass is 9.91. The van der Waals surface area contributed by atoms with Crippen LogP contribution in [0.1, 0.15) is 41.6 Å². The van der Waals surface area contributed by atoms with E-state index in [4.69, 9.17) is 0 Å². The fraction of sp³-hybridized carbons (Fsp3) is 0.450. The van der Waals surface area contributed by atoms with E-state index in [9.17, 15) is 13.6 Å². The molecule has 1 aromatic carbocycles.